The van der Waals surface area contributed by atoms with Gasteiger partial charge in [0, 0.05) is 34.1 Å². The summed E-state index contributed by atoms with van der Waals surface area (Å²) in [6.07, 6.45) is 0. The smallest absolute Gasteiger partial charge is 0 e. The molecule has 0 unspecified atom stereocenters. The van der Waals surface area contributed by atoms with Crippen molar-refractivity contribution in [1.29, 1.82) is 0 Å². The minimum Gasteiger partial charge on any atom is -0.214 e. The van der Waals surface area contributed by atoms with Gasteiger partial charge in [-0.2, -0.15) is 36.4 Å². The van der Waals surface area contributed by atoms with Crippen LogP contribution in [0.15, 0.2) is 60.7 Å². The van der Waals surface area contributed by atoms with Crippen LogP contribution < -0.4 is 0 Å². The molecule has 0 fully saturated rings. The quantitative estimate of drug-likeness (QED) is 0.396. The molecule has 0 aliphatic rings. The Kier molecular flexibility index (Phi) is 118. The van der Waals surface area contributed by atoms with E-state index in [-0.39, 0.29) is 34.1 Å². The molecule has 2 rings (SSSR count). The normalized spacial score (nSPS) is 4.40. The van der Waals surface area contributed by atoms with Crippen molar-refractivity contribution in [3.05, 3.63) is 87.3 Å². The van der Waals surface area contributed by atoms with Gasteiger partial charge >= 0.3 is 45.2 Å². The summed E-state index contributed by atoms with van der Waals surface area (Å²) in [6.45, 7) is 18.0. The van der Waals surface area contributed by atoms with Gasteiger partial charge in [-0.15, -0.1) is 0 Å². The maximum absolute atomic E-state index is 7.50. The summed E-state index contributed by atoms with van der Waals surface area (Å²) >= 11 is 0. The molecule has 0 saturated heterocycles. The van der Waals surface area contributed by atoms with E-state index in [0.29, 0.717) is 0 Å². The summed E-state index contributed by atoms with van der Waals surface area (Å²) < 4.78 is 30.0. The zero-order valence-corrected chi connectivity index (χ0v) is 12.3. The summed E-state index contributed by atoms with van der Waals surface area (Å²) in [5.74, 6) is 0. The molecule has 6 heteroatoms. The molecular formula is C14H10Fe2O4-2. The van der Waals surface area contributed by atoms with Crippen LogP contribution in [0.1, 0.15) is 0 Å². The second-order valence-electron chi connectivity index (χ2n) is 1.92. The third kappa shape index (κ3) is 54.4. The minimum atomic E-state index is 0. The van der Waals surface area contributed by atoms with Crippen LogP contribution in [0.3, 0.4) is 0 Å². The van der Waals surface area contributed by atoms with Gasteiger partial charge in [-0.05, 0) is 0 Å². The van der Waals surface area contributed by atoms with Crippen LogP contribution in [0.5, 0.6) is 0 Å². The Labute approximate surface area is 140 Å². The first-order chi connectivity index (χ1) is 9.00. The van der Waals surface area contributed by atoms with Crippen molar-refractivity contribution in [3.8, 4) is 0 Å². The fraction of sp³-hybridized carbons (Fsp3) is 0. The van der Waals surface area contributed by atoms with Gasteiger partial charge in [-0.3, -0.25) is 0 Å². The zero-order chi connectivity index (χ0) is 15.1. The standard InChI is InChI=1S/2C5H5.4CO.2Fe/c2*1-2-4-5-3-1;4*1-2;;/h2*1-5H;;;;;;/q2*-1;;;;;;. The van der Waals surface area contributed by atoms with Crippen LogP contribution in [-0.4, -0.2) is 0 Å². The van der Waals surface area contributed by atoms with Crippen molar-refractivity contribution in [1.82, 2.24) is 0 Å². The SMILES string of the molecule is [C-]#[O+].[C-]#[O+].[C-]#[O+].[C-]#[O+].[Fe].[Fe].c1cc[cH-]c1.c1cc[cH-]c1. The van der Waals surface area contributed by atoms with E-state index in [1.54, 1.807) is 0 Å². The Balaban J connectivity index is -0.0000000311. The second kappa shape index (κ2) is 65.2. The van der Waals surface area contributed by atoms with E-state index in [1.807, 2.05) is 60.7 Å². The third-order valence-electron chi connectivity index (χ3n) is 1.11. The van der Waals surface area contributed by atoms with Crippen LogP contribution in [0.25, 0.3) is 0 Å². The molecule has 0 aliphatic carbocycles. The van der Waals surface area contributed by atoms with Gasteiger partial charge in [0.05, 0.1) is 0 Å². The van der Waals surface area contributed by atoms with Crippen LogP contribution in [-0.2, 0) is 52.7 Å². The van der Waals surface area contributed by atoms with Gasteiger partial charge in [0.25, 0.3) is 0 Å². The van der Waals surface area contributed by atoms with Gasteiger partial charge < -0.3 is 0 Å². The molecule has 0 heterocycles. The molecule has 20 heavy (non-hydrogen) atoms. The van der Waals surface area contributed by atoms with E-state index in [1.165, 1.54) is 0 Å². The molecule has 0 bridgehead atoms. The monoisotopic (exact) mass is 354 g/mol. The van der Waals surface area contributed by atoms with Gasteiger partial charge in [0.15, 0.2) is 0 Å². The second-order valence-corrected chi connectivity index (χ2v) is 1.92. The van der Waals surface area contributed by atoms with Gasteiger partial charge in [-0.25, -0.2) is 24.3 Å². The molecule has 0 atom stereocenters. The van der Waals surface area contributed by atoms with Crippen molar-refractivity contribution in [2.24, 2.45) is 0 Å². The van der Waals surface area contributed by atoms with Gasteiger partial charge in [0.1, 0.15) is 0 Å². The molecule has 4 nitrogen and oxygen atoms in total. The number of rotatable bonds is 0. The molecule has 0 amide bonds. The van der Waals surface area contributed by atoms with E-state index in [9.17, 15) is 0 Å². The fourth-order valence-electron chi connectivity index (χ4n) is 0.642. The number of hydrogen-bond donors (Lipinski definition) is 0. The molecular weight excluding hydrogens is 344 g/mol. The van der Waals surface area contributed by atoms with E-state index in [4.69, 9.17) is 18.6 Å². The maximum Gasteiger partial charge on any atom is 0 e. The Bertz CT molecular complexity index is 274. The molecule has 2 aromatic carbocycles. The molecule has 0 N–H and O–H groups in total. The molecule has 0 aliphatic heterocycles. The number of hydrogen-bond acceptors (Lipinski definition) is 0. The predicted molar refractivity (Wildman–Crippen MR) is 59.8 cm³/mol. The Morgan fingerprint density at radius 1 is 0.450 bits per heavy atom. The Morgan fingerprint density at radius 2 is 0.600 bits per heavy atom. The van der Waals surface area contributed by atoms with Crippen molar-refractivity contribution in [2.75, 3.05) is 0 Å². The minimum absolute atomic E-state index is 0. The Hall–Kier alpha value is -1.30. The molecule has 2 aromatic rings. The summed E-state index contributed by atoms with van der Waals surface area (Å²) in [5.41, 5.74) is 0. The van der Waals surface area contributed by atoms with Crippen LogP contribution >= 0.6 is 0 Å². The molecule has 0 aromatic heterocycles. The largest absolute Gasteiger partial charge is 0.214 e. The average molecular weight is 354 g/mol. The summed E-state index contributed by atoms with van der Waals surface area (Å²) in [6, 6.07) is 20.0. The van der Waals surface area contributed by atoms with Gasteiger partial charge in [-0.1, -0.05) is 0 Å². The van der Waals surface area contributed by atoms with Crippen molar-refractivity contribution >= 4 is 0 Å². The topological polar surface area (TPSA) is 79.6 Å². The van der Waals surface area contributed by atoms with Crippen LogP contribution in [0, 0.1) is 26.6 Å². The Morgan fingerprint density at radius 3 is 0.650 bits per heavy atom. The first-order valence-electron chi connectivity index (χ1n) is 4.15. The first kappa shape index (κ1) is 36.3. The van der Waals surface area contributed by atoms with Crippen molar-refractivity contribution < 1.29 is 52.7 Å². The van der Waals surface area contributed by atoms with Crippen LogP contribution in [0.2, 0.25) is 0 Å². The molecule has 0 radical (unpaired) electrons. The molecule has 108 valence electrons. The van der Waals surface area contributed by atoms with E-state index in [0.717, 1.165) is 0 Å². The predicted octanol–water partition coefficient (Wildman–Crippen LogP) is 2.66. The molecule has 0 saturated carbocycles. The molecule has 0 spiro atoms. The fourth-order valence-corrected chi connectivity index (χ4v) is 0.642. The summed E-state index contributed by atoms with van der Waals surface area (Å²) in [7, 11) is 0. The van der Waals surface area contributed by atoms with Crippen molar-refractivity contribution in [2.45, 2.75) is 0 Å². The van der Waals surface area contributed by atoms with E-state index < -0.39 is 0 Å². The van der Waals surface area contributed by atoms with Gasteiger partial charge in [0.2, 0.25) is 0 Å². The average Bonchev–Trinajstić information content (AvgIpc) is 3.25. The van der Waals surface area contributed by atoms with Crippen LogP contribution in [0.4, 0.5) is 0 Å². The summed E-state index contributed by atoms with van der Waals surface area (Å²) in [4.78, 5) is 0. The zero-order valence-electron chi connectivity index (χ0n) is 10.1. The van der Waals surface area contributed by atoms with Crippen molar-refractivity contribution in [3.63, 3.8) is 0 Å². The third-order valence-corrected chi connectivity index (χ3v) is 1.11. The summed E-state index contributed by atoms with van der Waals surface area (Å²) in [5, 5.41) is 0. The van der Waals surface area contributed by atoms with E-state index in [2.05, 4.69) is 26.6 Å². The van der Waals surface area contributed by atoms with E-state index >= 15 is 0 Å². The first-order valence-corrected chi connectivity index (χ1v) is 4.15. The maximum atomic E-state index is 7.50.